The van der Waals surface area contributed by atoms with Crippen molar-refractivity contribution in [2.75, 3.05) is 30.7 Å². The number of carbonyl (C=O) groups is 3. The van der Waals surface area contributed by atoms with Gasteiger partial charge in [0.2, 0.25) is 5.91 Å². The quantitative estimate of drug-likeness (QED) is 0.518. The third-order valence-corrected chi connectivity index (χ3v) is 6.49. The van der Waals surface area contributed by atoms with Crippen LogP contribution in [-0.4, -0.2) is 54.1 Å². The Bertz CT molecular complexity index is 1250. The average Bonchev–Trinajstić information content (AvgIpc) is 3.40. The predicted molar refractivity (Wildman–Crippen MR) is 132 cm³/mol. The van der Waals surface area contributed by atoms with Crippen LogP contribution in [-0.2, 0) is 19.1 Å². The first-order valence-electron chi connectivity index (χ1n) is 11.0. The number of hydrogen-bond acceptors (Lipinski definition) is 7. The number of carbonyl (C=O) groups excluding carboxylic acids is 3. The highest BCUT2D eigenvalue weighted by Gasteiger charge is 2.37. The van der Waals surface area contributed by atoms with Crippen LogP contribution in [0, 0.1) is 5.41 Å². The van der Waals surface area contributed by atoms with E-state index < -0.39 is 24.5 Å². The first kappa shape index (κ1) is 23.9. The number of esters is 1. The third kappa shape index (κ3) is 5.14. The largest absolute Gasteiger partial charge is 0.495 e. The van der Waals surface area contributed by atoms with E-state index in [1.54, 1.807) is 12.1 Å². The van der Waals surface area contributed by atoms with Gasteiger partial charge in [0.1, 0.15) is 23.0 Å². The van der Waals surface area contributed by atoms with Gasteiger partial charge in [-0.2, -0.15) is 0 Å². The zero-order valence-electron chi connectivity index (χ0n) is 19.7. The molecule has 1 N–H and O–H groups in total. The third-order valence-electron chi connectivity index (χ3n) is 5.47. The Kier molecular flexibility index (Phi) is 6.74. The van der Waals surface area contributed by atoms with E-state index in [-0.39, 0.29) is 11.3 Å². The monoisotopic (exact) mass is 484 g/mol. The Labute approximate surface area is 201 Å². The van der Waals surface area contributed by atoms with Crippen LogP contribution in [0.1, 0.15) is 27.2 Å². The van der Waals surface area contributed by atoms with Crippen LogP contribution in [0.2, 0.25) is 0 Å². The number of furan rings is 1. The number of ether oxygens (including phenoxy) is 2. The molecular formula is C25H28N2O6S. The molecule has 180 valence electrons. The maximum Gasteiger partial charge on any atom is 0.330 e. The van der Waals surface area contributed by atoms with E-state index in [9.17, 15) is 14.4 Å². The summed E-state index contributed by atoms with van der Waals surface area (Å²) in [7, 11) is 1.51. The van der Waals surface area contributed by atoms with Gasteiger partial charge in [-0.1, -0.05) is 39.0 Å². The van der Waals surface area contributed by atoms with Crippen molar-refractivity contribution < 1.29 is 28.3 Å². The van der Waals surface area contributed by atoms with E-state index >= 15 is 0 Å². The van der Waals surface area contributed by atoms with Crippen LogP contribution >= 0.6 is 11.8 Å². The van der Waals surface area contributed by atoms with Gasteiger partial charge in [0, 0.05) is 29.0 Å². The molecule has 1 fully saturated rings. The van der Waals surface area contributed by atoms with Crippen LogP contribution in [0.15, 0.2) is 40.8 Å². The number of thioether (sulfide) groups is 1. The lowest BCUT2D eigenvalue weighted by Crippen LogP contribution is -2.44. The Morgan fingerprint density at radius 2 is 1.91 bits per heavy atom. The van der Waals surface area contributed by atoms with E-state index in [0.29, 0.717) is 35.1 Å². The lowest BCUT2D eigenvalue weighted by atomic mass is 9.91. The van der Waals surface area contributed by atoms with Gasteiger partial charge in [0.05, 0.1) is 18.7 Å². The molecule has 1 aliphatic rings. The van der Waals surface area contributed by atoms with E-state index in [2.05, 4.69) is 5.32 Å². The van der Waals surface area contributed by atoms with Gasteiger partial charge >= 0.3 is 5.97 Å². The number of hydrogen-bond donors (Lipinski definition) is 1. The topological polar surface area (TPSA) is 98.1 Å². The van der Waals surface area contributed by atoms with Crippen molar-refractivity contribution in [3.05, 3.63) is 36.4 Å². The molecule has 0 radical (unpaired) electrons. The summed E-state index contributed by atoms with van der Waals surface area (Å²) in [5, 5.41) is 4.54. The molecule has 34 heavy (non-hydrogen) atoms. The van der Waals surface area contributed by atoms with Crippen molar-refractivity contribution >= 4 is 57.2 Å². The Hall–Kier alpha value is -3.20. The molecule has 1 atom stereocenters. The Morgan fingerprint density at radius 1 is 1.15 bits per heavy atom. The summed E-state index contributed by atoms with van der Waals surface area (Å²) < 4.78 is 16.6. The molecule has 2 amide bonds. The maximum atomic E-state index is 12.6. The van der Waals surface area contributed by atoms with E-state index in [4.69, 9.17) is 13.9 Å². The fraction of sp³-hybridized carbons (Fsp3) is 0.400. The molecule has 0 bridgehead atoms. The molecule has 1 aromatic heterocycles. The zero-order chi connectivity index (χ0) is 24.5. The number of methoxy groups -OCH3 is 1. The number of nitrogens with one attached hydrogen (secondary N) is 1. The predicted octanol–water partition coefficient (Wildman–Crippen LogP) is 4.41. The lowest BCUT2D eigenvalue weighted by molar-refractivity contribution is -0.155. The van der Waals surface area contributed by atoms with Crippen molar-refractivity contribution in [3.63, 3.8) is 0 Å². The molecule has 0 aliphatic carbocycles. The number of benzene rings is 2. The molecule has 8 nitrogen and oxygen atoms in total. The molecular weight excluding hydrogens is 456 g/mol. The summed E-state index contributed by atoms with van der Waals surface area (Å²) in [6.07, 6.45) is 0.335. The van der Waals surface area contributed by atoms with Gasteiger partial charge < -0.3 is 24.1 Å². The van der Waals surface area contributed by atoms with Crippen LogP contribution in [0.3, 0.4) is 0 Å². The van der Waals surface area contributed by atoms with Crippen molar-refractivity contribution in [2.45, 2.75) is 33.2 Å². The second-order valence-corrected chi connectivity index (χ2v) is 10.4. The van der Waals surface area contributed by atoms with Gasteiger partial charge in [0.15, 0.2) is 6.61 Å². The van der Waals surface area contributed by atoms with Crippen molar-refractivity contribution in [1.29, 1.82) is 0 Å². The number of fused-ring (bicyclic) bond motifs is 3. The summed E-state index contributed by atoms with van der Waals surface area (Å²) in [6, 6.07) is 10.4. The van der Waals surface area contributed by atoms with Crippen LogP contribution < -0.4 is 10.1 Å². The van der Waals surface area contributed by atoms with Gasteiger partial charge in [-0.3, -0.25) is 9.59 Å². The SMILES string of the molecule is COc1cc2c(cc1NC(=O)COC(=O)C1CSCN1C(=O)CC(C)(C)C)oc1ccccc12. The fourth-order valence-corrected chi connectivity index (χ4v) is 5.04. The van der Waals surface area contributed by atoms with Crippen LogP contribution in [0.4, 0.5) is 5.69 Å². The summed E-state index contributed by atoms with van der Waals surface area (Å²) in [6.45, 7) is 5.46. The number of para-hydroxylation sites is 1. The molecule has 1 saturated heterocycles. The highest BCUT2D eigenvalue weighted by Crippen LogP contribution is 2.36. The first-order chi connectivity index (χ1) is 16.2. The first-order valence-corrected chi connectivity index (χ1v) is 12.1. The molecule has 1 unspecified atom stereocenters. The molecule has 4 rings (SSSR count). The second kappa shape index (κ2) is 9.58. The fourth-order valence-electron chi connectivity index (χ4n) is 3.88. The molecule has 0 saturated carbocycles. The van der Waals surface area contributed by atoms with Crippen molar-refractivity contribution in [2.24, 2.45) is 5.41 Å². The van der Waals surface area contributed by atoms with Gasteiger partial charge in [-0.25, -0.2) is 4.79 Å². The highest BCUT2D eigenvalue weighted by molar-refractivity contribution is 7.99. The molecule has 3 aromatic rings. The van der Waals surface area contributed by atoms with Crippen molar-refractivity contribution in [3.8, 4) is 5.75 Å². The Morgan fingerprint density at radius 3 is 2.65 bits per heavy atom. The molecule has 2 heterocycles. The van der Waals surface area contributed by atoms with Gasteiger partial charge in [-0.05, 0) is 17.5 Å². The normalized spacial score (nSPS) is 16.1. The maximum absolute atomic E-state index is 12.6. The van der Waals surface area contributed by atoms with E-state index in [1.165, 1.54) is 23.8 Å². The minimum absolute atomic E-state index is 0.0900. The smallest absolute Gasteiger partial charge is 0.330 e. The van der Waals surface area contributed by atoms with Crippen LogP contribution in [0.5, 0.6) is 5.75 Å². The van der Waals surface area contributed by atoms with Gasteiger partial charge in [0.25, 0.3) is 5.91 Å². The van der Waals surface area contributed by atoms with Crippen molar-refractivity contribution in [1.82, 2.24) is 4.90 Å². The number of rotatable bonds is 6. The summed E-state index contributed by atoms with van der Waals surface area (Å²) in [4.78, 5) is 39.3. The van der Waals surface area contributed by atoms with Gasteiger partial charge in [-0.15, -0.1) is 11.8 Å². The number of nitrogens with zero attached hydrogens (tertiary/aromatic N) is 1. The highest BCUT2D eigenvalue weighted by atomic mass is 32.2. The second-order valence-electron chi connectivity index (χ2n) is 9.42. The van der Waals surface area contributed by atoms with E-state index in [1.807, 2.05) is 45.0 Å². The molecule has 2 aromatic carbocycles. The zero-order valence-corrected chi connectivity index (χ0v) is 20.5. The minimum atomic E-state index is -0.686. The minimum Gasteiger partial charge on any atom is -0.495 e. The number of amides is 2. The standard InChI is InChI=1S/C25H28N2O6S/c1-25(2,3)11-23(29)27-14-34-13-18(27)24(30)32-12-22(28)26-17-10-20-16(9-21(17)31-4)15-7-5-6-8-19(15)33-20/h5-10,18H,11-14H2,1-4H3,(H,26,28). The number of anilines is 1. The van der Waals surface area contributed by atoms with Crippen LogP contribution in [0.25, 0.3) is 21.9 Å². The summed E-state index contributed by atoms with van der Waals surface area (Å²) >= 11 is 1.49. The molecule has 1 aliphatic heterocycles. The lowest BCUT2D eigenvalue weighted by Gasteiger charge is -2.26. The molecule has 0 spiro atoms. The van der Waals surface area contributed by atoms with E-state index in [0.717, 1.165) is 16.4 Å². The summed E-state index contributed by atoms with van der Waals surface area (Å²) in [5.41, 5.74) is 1.56. The average molecular weight is 485 g/mol. The summed E-state index contributed by atoms with van der Waals surface area (Å²) in [5.74, 6) is 0.169. The molecule has 9 heteroatoms. The Balaban J connectivity index is 1.41.